The molecule has 3 aromatic rings. The summed E-state index contributed by atoms with van der Waals surface area (Å²) < 4.78 is 40.8. The fourth-order valence-electron chi connectivity index (χ4n) is 4.99. The number of para-hydroxylation sites is 1. The normalized spacial score (nSPS) is 21.8. The summed E-state index contributed by atoms with van der Waals surface area (Å²) in [6.07, 6.45) is -1.04. The van der Waals surface area contributed by atoms with Crippen LogP contribution in [-0.4, -0.2) is 40.7 Å². The number of hydrogen-bond donors (Lipinski definition) is 2. The highest BCUT2D eigenvalue weighted by molar-refractivity contribution is 6.33. The summed E-state index contributed by atoms with van der Waals surface area (Å²) in [5.74, 6) is -0.201. The minimum atomic E-state index is -4.52. The number of alkyl halides is 3. The summed E-state index contributed by atoms with van der Waals surface area (Å²) in [4.78, 5) is 16.7. The summed E-state index contributed by atoms with van der Waals surface area (Å²) in [5.41, 5.74) is 3.47. The van der Waals surface area contributed by atoms with E-state index in [1.165, 1.54) is 0 Å². The van der Waals surface area contributed by atoms with Gasteiger partial charge in [0.25, 0.3) is 5.91 Å². The van der Waals surface area contributed by atoms with E-state index in [0.29, 0.717) is 31.8 Å². The Morgan fingerprint density at radius 3 is 2.53 bits per heavy atom. The fraction of sp³-hybridized carbons (Fsp3) is 0.360. The van der Waals surface area contributed by atoms with Crippen LogP contribution in [0.15, 0.2) is 54.6 Å². The number of amides is 1. The highest BCUT2D eigenvalue weighted by Gasteiger charge is 2.53. The molecule has 178 valence electrons. The zero-order valence-electron chi connectivity index (χ0n) is 18.4. The second kappa shape index (κ2) is 8.74. The van der Waals surface area contributed by atoms with Gasteiger partial charge in [-0.25, -0.2) is 9.58 Å². The molecule has 34 heavy (non-hydrogen) atoms. The Labute approximate surface area is 200 Å². The first-order chi connectivity index (χ1) is 16.2. The topological polar surface area (TPSA) is 54.0 Å². The molecule has 5 rings (SSSR count). The van der Waals surface area contributed by atoms with Crippen LogP contribution in [0.2, 0.25) is 5.02 Å². The van der Waals surface area contributed by atoms with Crippen molar-refractivity contribution in [3.8, 4) is 0 Å². The van der Waals surface area contributed by atoms with Gasteiger partial charge in [-0.15, -0.1) is 0 Å². The Morgan fingerprint density at radius 2 is 1.79 bits per heavy atom. The van der Waals surface area contributed by atoms with Crippen LogP contribution >= 0.6 is 11.6 Å². The number of hydrogen-bond acceptors (Lipinski definition) is 3. The Hall–Kier alpha value is -2.84. The zero-order chi connectivity index (χ0) is 23.9. The quantitative estimate of drug-likeness (QED) is 0.351. The summed E-state index contributed by atoms with van der Waals surface area (Å²) >= 11 is 6.20. The van der Waals surface area contributed by atoms with Crippen molar-refractivity contribution in [2.45, 2.75) is 43.9 Å². The molecule has 1 amide bonds. The van der Waals surface area contributed by atoms with E-state index in [1.807, 2.05) is 0 Å². The van der Waals surface area contributed by atoms with E-state index in [2.05, 4.69) is 15.7 Å². The molecule has 1 aliphatic carbocycles. The first-order valence-corrected chi connectivity index (χ1v) is 11.8. The molecule has 1 aromatic heterocycles. The molecular weight excluding hydrogens is 465 g/mol. The zero-order valence-corrected chi connectivity index (χ0v) is 19.2. The fourth-order valence-corrected chi connectivity index (χ4v) is 5.21. The molecule has 2 aromatic carbocycles. The molecule has 2 aliphatic rings. The number of benzene rings is 2. The van der Waals surface area contributed by atoms with Crippen LogP contribution in [0.25, 0.3) is 10.9 Å². The largest absolute Gasteiger partial charge is 0.433 e. The Morgan fingerprint density at radius 1 is 1.06 bits per heavy atom. The molecule has 2 fully saturated rings. The van der Waals surface area contributed by atoms with Gasteiger partial charge in [-0.05, 0) is 37.1 Å². The van der Waals surface area contributed by atoms with Gasteiger partial charge in [0.15, 0.2) is 13.1 Å². The van der Waals surface area contributed by atoms with Gasteiger partial charge in [-0.1, -0.05) is 41.9 Å². The number of quaternary nitrogens is 1. The highest BCUT2D eigenvalue weighted by atomic mass is 35.5. The van der Waals surface area contributed by atoms with E-state index in [-0.39, 0.29) is 18.0 Å². The average molecular weight is 490 g/mol. The maximum atomic E-state index is 13.4. The number of anilines is 1. The van der Waals surface area contributed by atoms with Gasteiger partial charge in [-0.2, -0.15) is 18.6 Å². The average Bonchev–Trinajstić information content (AvgIpc) is 3.59. The Balaban J connectivity index is 1.34. The predicted molar refractivity (Wildman–Crippen MR) is 125 cm³/mol. The number of pyridine rings is 1. The van der Waals surface area contributed by atoms with Crippen molar-refractivity contribution in [2.75, 3.05) is 18.4 Å². The predicted octanol–water partition coefficient (Wildman–Crippen LogP) is 5.81. The maximum Gasteiger partial charge on any atom is 0.433 e. The summed E-state index contributed by atoms with van der Waals surface area (Å²) in [6, 6.07) is 15.1. The van der Waals surface area contributed by atoms with Crippen molar-refractivity contribution in [1.82, 2.24) is 10.4 Å². The molecule has 2 atom stereocenters. The molecule has 0 bridgehead atoms. The first-order valence-electron chi connectivity index (χ1n) is 11.4. The van der Waals surface area contributed by atoms with Crippen molar-refractivity contribution >= 4 is 34.1 Å². The van der Waals surface area contributed by atoms with Crippen molar-refractivity contribution < 1.29 is 22.6 Å². The van der Waals surface area contributed by atoms with Crippen LogP contribution < -0.4 is 10.7 Å². The Kier molecular flexibility index (Phi) is 5.90. The molecule has 2 heterocycles. The van der Waals surface area contributed by atoms with E-state index in [9.17, 15) is 18.0 Å². The third-order valence-corrected chi connectivity index (χ3v) is 7.19. The van der Waals surface area contributed by atoms with Crippen LogP contribution in [0.3, 0.4) is 0 Å². The lowest BCUT2D eigenvalue weighted by molar-refractivity contribution is -0.865. The molecule has 1 unspecified atom stereocenters. The number of fused-ring (bicyclic) bond motifs is 1. The van der Waals surface area contributed by atoms with Crippen molar-refractivity contribution in [3.05, 3.63) is 70.9 Å². The molecular formula is C25H25ClF3N4O+. The minimum absolute atomic E-state index is 0.00143. The highest BCUT2D eigenvalue weighted by Crippen LogP contribution is 2.37. The minimum Gasteiger partial charge on any atom is -0.381 e. The van der Waals surface area contributed by atoms with Gasteiger partial charge < -0.3 is 5.32 Å². The van der Waals surface area contributed by atoms with Crippen LogP contribution in [0.1, 0.15) is 41.7 Å². The molecule has 5 nitrogen and oxygen atoms in total. The molecule has 1 saturated heterocycles. The van der Waals surface area contributed by atoms with Gasteiger partial charge in [0.05, 0.1) is 16.1 Å². The standard InChI is InChI=1S/C25H24ClF3N4O/c26-20-10-3-1-8-18(20)24(34)32-33(12-13-33)17-7-5-6-16(14-17)30-22-15-23(25(27,28)29)31-21-11-4-2-9-19(21)22/h1-4,8-11,15-17H,5-7,12-14H2,(H-,30,31,32,34)/p+1/t16-,17?/m0/s1. The maximum absolute atomic E-state index is 13.4. The summed E-state index contributed by atoms with van der Waals surface area (Å²) in [5, 5.41) is 4.45. The SMILES string of the molecule is O=C(N[N+]1(C2CCC[C@H](Nc3cc(C(F)(F)F)nc4ccccc34)C2)CC1)c1ccccc1Cl. The second-order valence-corrected chi connectivity index (χ2v) is 9.54. The number of carbonyl (C=O) groups is 1. The van der Waals surface area contributed by atoms with E-state index in [0.717, 1.165) is 44.8 Å². The monoisotopic (exact) mass is 489 g/mol. The number of nitrogens with one attached hydrogen (secondary N) is 2. The molecule has 1 aliphatic heterocycles. The van der Waals surface area contributed by atoms with Gasteiger partial charge in [0.2, 0.25) is 0 Å². The van der Waals surface area contributed by atoms with Crippen LogP contribution in [0, 0.1) is 0 Å². The van der Waals surface area contributed by atoms with Gasteiger partial charge in [0, 0.05) is 30.0 Å². The van der Waals surface area contributed by atoms with Gasteiger partial charge in [0.1, 0.15) is 11.7 Å². The summed E-state index contributed by atoms with van der Waals surface area (Å²) in [6.45, 7) is 1.67. The third kappa shape index (κ3) is 4.57. The molecule has 0 spiro atoms. The van der Waals surface area contributed by atoms with Crippen LogP contribution in [0.5, 0.6) is 0 Å². The van der Waals surface area contributed by atoms with E-state index < -0.39 is 11.9 Å². The third-order valence-electron chi connectivity index (χ3n) is 6.86. The van der Waals surface area contributed by atoms with Crippen LogP contribution in [-0.2, 0) is 6.18 Å². The van der Waals surface area contributed by atoms with Gasteiger partial charge >= 0.3 is 6.18 Å². The molecule has 2 N–H and O–H groups in total. The lowest BCUT2D eigenvalue weighted by Gasteiger charge is -2.35. The lowest BCUT2D eigenvalue weighted by atomic mass is 9.90. The van der Waals surface area contributed by atoms with E-state index in [1.54, 1.807) is 48.5 Å². The van der Waals surface area contributed by atoms with Crippen molar-refractivity contribution in [3.63, 3.8) is 0 Å². The van der Waals surface area contributed by atoms with Crippen LogP contribution in [0.4, 0.5) is 18.9 Å². The van der Waals surface area contributed by atoms with Gasteiger partial charge in [-0.3, -0.25) is 4.79 Å². The first kappa shape index (κ1) is 22.9. The molecule has 0 radical (unpaired) electrons. The number of carbonyl (C=O) groups excluding carboxylic acids is 1. The number of aromatic nitrogens is 1. The van der Waals surface area contributed by atoms with E-state index in [4.69, 9.17) is 11.6 Å². The number of halogens is 4. The number of rotatable bonds is 5. The van der Waals surface area contributed by atoms with E-state index >= 15 is 0 Å². The molecule has 1 saturated carbocycles. The molecule has 9 heteroatoms. The van der Waals surface area contributed by atoms with Crippen molar-refractivity contribution in [1.29, 1.82) is 0 Å². The van der Waals surface area contributed by atoms with Crippen molar-refractivity contribution in [2.24, 2.45) is 0 Å². The smallest absolute Gasteiger partial charge is 0.381 e. The second-order valence-electron chi connectivity index (χ2n) is 9.13. The number of nitrogens with zero attached hydrogens (tertiary/aromatic N) is 2. The lowest BCUT2D eigenvalue weighted by Crippen LogP contribution is -2.54. The summed E-state index contributed by atoms with van der Waals surface area (Å²) in [7, 11) is 0. The Bertz CT molecular complexity index is 1230.